The molecule has 38 heavy (non-hydrogen) atoms. The molecule has 1 aromatic rings. The van der Waals surface area contributed by atoms with Crippen molar-refractivity contribution in [2.75, 3.05) is 27.3 Å². The van der Waals surface area contributed by atoms with Crippen LogP contribution < -0.4 is 11.1 Å². The Kier molecular flexibility index (Phi) is 6.33. The van der Waals surface area contributed by atoms with Crippen molar-refractivity contribution >= 4 is 23.2 Å². The number of hydrogen-bond donors (Lipinski definition) is 6. The second-order valence-corrected chi connectivity index (χ2v) is 10.6. The maximum Gasteiger partial charge on any atom is 0.255 e. The van der Waals surface area contributed by atoms with E-state index in [-0.39, 0.29) is 47.7 Å². The maximum atomic E-state index is 15.7. The average molecular weight is 532 g/mol. The van der Waals surface area contributed by atoms with Crippen LogP contribution in [0.15, 0.2) is 23.0 Å². The first-order valence-corrected chi connectivity index (χ1v) is 12.4. The first-order chi connectivity index (χ1) is 17.9. The molecule has 3 aliphatic carbocycles. The number of hydrogen-bond acceptors (Lipinski definition) is 10. The Morgan fingerprint density at radius 1 is 1.29 bits per heavy atom. The van der Waals surface area contributed by atoms with E-state index in [1.54, 1.807) is 0 Å². The van der Waals surface area contributed by atoms with Crippen LogP contribution in [0.4, 0.5) is 4.39 Å². The van der Waals surface area contributed by atoms with Crippen molar-refractivity contribution in [3.8, 4) is 5.75 Å². The van der Waals surface area contributed by atoms with Gasteiger partial charge in [0.25, 0.3) is 5.91 Å². The minimum Gasteiger partial charge on any atom is -0.508 e. The number of phenolic OH excluding ortho intramolecular Hbond substituents is 1. The topological polar surface area (TPSA) is 183 Å². The number of rotatable bonds is 5. The van der Waals surface area contributed by atoms with Crippen LogP contribution in [0.2, 0.25) is 0 Å². The lowest BCUT2D eigenvalue weighted by molar-refractivity contribution is -0.153. The number of nitrogens with two attached hydrogens (primary N) is 1. The van der Waals surface area contributed by atoms with E-state index >= 15 is 4.39 Å². The predicted molar refractivity (Wildman–Crippen MR) is 130 cm³/mol. The number of ketones is 2. The molecule has 0 bridgehead atoms. The molecule has 0 radical (unpaired) electrons. The lowest BCUT2D eigenvalue weighted by Gasteiger charge is -2.50. The number of aliphatic hydroxyl groups excluding tert-OH is 2. The van der Waals surface area contributed by atoms with Gasteiger partial charge in [0, 0.05) is 41.8 Å². The summed E-state index contributed by atoms with van der Waals surface area (Å²) in [4.78, 5) is 40.3. The van der Waals surface area contributed by atoms with Gasteiger partial charge in [0.2, 0.25) is 5.78 Å². The van der Waals surface area contributed by atoms with Crippen molar-refractivity contribution in [2.45, 2.75) is 43.5 Å². The zero-order valence-electron chi connectivity index (χ0n) is 21.0. The monoisotopic (exact) mass is 531 g/mol. The standard InChI is InChI=1S/C26H30FN3O8/c1-30(2)20-14-6-10-5-13-17(15(31)7-11(19(13)27)8-29-12-3-4-38-9-12)21(32)16(10)23(34)26(14,37)24(35)18(22(20)33)25(28)36/h7,10,12,14,20,29,31-32,35,37H,3-6,8-9H2,1-2H3,(H2,28,36)/t10-,12-,14-,20-,26-/m0/s1. The minimum absolute atomic E-state index is 0.00934. The van der Waals surface area contributed by atoms with Gasteiger partial charge < -0.3 is 36.2 Å². The number of ether oxygens (including phenoxy) is 1. The number of primary amides is 1. The van der Waals surface area contributed by atoms with Crippen LogP contribution in [-0.2, 0) is 32.1 Å². The molecule has 4 aliphatic rings. The van der Waals surface area contributed by atoms with E-state index in [0.717, 1.165) is 6.42 Å². The van der Waals surface area contributed by atoms with Crippen LogP contribution in [0, 0.1) is 17.7 Å². The SMILES string of the molecule is CN(C)[C@@H]1C(=O)C(C(N)=O)=C(O)[C@@]2(O)C(=O)C3=C(O)c4c(O)cc(CN[C@H]5CCOC5)c(F)c4C[C@H]3C[C@@H]12. The summed E-state index contributed by atoms with van der Waals surface area (Å²) in [5.41, 5.74) is 1.29. The summed E-state index contributed by atoms with van der Waals surface area (Å²) in [5, 5.41) is 47.5. The Morgan fingerprint density at radius 3 is 2.61 bits per heavy atom. The molecule has 1 aromatic carbocycles. The number of aliphatic hydroxyl groups is 3. The van der Waals surface area contributed by atoms with Gasteiger partial charge in [0.1, 0.15) is 28.7 Å². The van der Waals surface area contributed by atoms with Gasteiger partial charge in [0.15, 0.2) is 11.4 Å². The highest BCUT2D eigenvalue weighted by Gasteiger charge is 2.64. The van der Waals surface area contributed by atoms with Gasteiger partial charge in [-0.1, -0.05) is 0 Å². The molecular weight excluding hydrogens is 501 g/mol. The average Bonchev–Trinajstić information content (AvgIpc) is 3.36. The second kappa shape index (κ2) is 9.16. The molecule has 0 unspecified atom stereocenters. The quantitative estimate of drug-likeness (QED) is 0.283. The summed E-state index contributed by atoms with van der Waals surface area (Å²) in [6.07, 6.45) is 0.562. The van der Waals surface area contributed by atoms with Crippen LogP contribution in [0.3, 0.4) is 0 Å². The number of phenols is 1. The van der Waals surface area contributed by atoms with Gasteiger partial charge in [-0.3, -0.25) is 19.3 Å². The van der Waals surface area contributed by atoms with Crippen molar-refractivity contribution in [2.24, 2.45) is 17.6 Å². The molecule has 1 saturated heterocycles. The summed E-state index contributed by atoms with van der Waals surface area (Å²) >= 11 is 0. The molecule has 5 atom stereocenters. The summed E-state index contributed by atoms with van der Waals surface area (Å²) in [5.74, 6) is -8.32. The molecule has 1 saturated carbocycles. The van der Waals surface area contributed by atoms with E-state index < -0.39 is 69.6 Å². The molecule has 1 heterocycles. The van der Waals surface area contributed by atoms with Crippen molar-refractivity contribution in [1.82, 2.24) is 10.2 Å². The first-order valence-electron chi connectivity index (χ1n) is 12.4. The molecule has 0 aromatic heterocycles. The van der Waals surface area contributed by atoms with E-state index in [9.17, 15) is 34.8 Å². The van der Waals surface area contributed by atoms with Crippen LogP contribution in [0.1, 0.15) is 29.5 Å². The molecule has 11 nitrogen and oxygen atoms in total. The van der Waals surface area contributed by atoms with Gasteiger partial charge in [-0.2, -0.15) is 0 Å². The molecule has 0 spiro atoms. The number of nitrogens with one attached hydrogen (secondary N) is 1. The van der Waals surface area contributed by atoms with Crippen LogP contribution in [-0.4, -0.2) is 87.8 Å². The van der Waals surface area contributed by atoms with E-state index in [2.05, 4.69) is 5.32 Å². The first kappa shape index (κ1) is 26.3. The highest BCUT2D eigenvalue weighted by atomic mass is 19.1. The molecule has 5 rings (SSSR count). The van der Waals surface area contributed by atoms with Crippen molar-refractivity contribution in [1.29, 1.82) is 0 Å². The van der Waals surface area contributed by atoms with Crippen LogP contribution in [0.25, 0.3) is 5.76 Å². The number of amides is 1. The predicted octanol–water partition coefficient (Wildman–Crippen LogP) is -0.0184. The number of carbonyl (C=O) groups excluding carboxylic acids is 3. The maximum absolute atomic E-state index is 15.7. The van der Waals surface area contributed by atoms with E-state index in [1.807, 2.05) is 0 Å². The second-order valence-electron chi connectivity index (χ2n) is 10.6. The normalized spacial score (nSPS) is 31.0. The fourth-order valence-electron chi connectivity index (χ4n) is 6.43. The van der Waals surface area contributed by atoms with Gasteiger partial charge in [-0.25, -0.2) is 4.39 Å². The number of carbonyl (C=O) groups is 3. The Hall–Kier alpha value is -3.32. The highest BCUT2D eigenvalue weighted by molar-refractivity contribution is 6.24. The molecule has 1 aliphatic heterocycles. The summed E-state index contributed by atoms with van der Waals surface area (Å²) in [6, 6.07) is 0.0110. The van der Waals surface area contributed by atoms with Gasteiger partial charge >= 0.3 is 0 Å². The van der Waals surface area contributed by atoms with Crippen molar-refractivity contribution in [3.05, 3.63) is 45.5 Å². The van der Waals surface area contributed by atoms with Gasteiger partial charge in [-0.05, 0) is 45.3 Å². The lowest BCUT2D eigenvalue weighted by atomic mass is 9.57. The number of Topliss-reactive ketones (excluding diaryl/α,β-unsaturated/α-hetero) is 2. The Morgan fingerprint density at radius 2 is 2.00 bits per heavy atom. The third-order valence-electron chi connectivity index (χ3n) is 8.24. The minimum atomic E-state index is -2.73. The highest BCUT2D eigenvalue weighted by Crippen LogP contribution is 2.53. The number of likely N-dealkylation sites (N-methyl/N-ethyl adjacent to an activating group) is 1. The van der Waals surface area contributed by atoms with E-state index in [4.69, 9.17) is 10.5 Å². The largest absolute Gasteiger partial charge is 0.508 e. The van der Waals surface area contributed by atoms with Crippen LogP contribution in [0.5, 0.6) is 5.75 Å². The van der Waals surface area contributed by atoms with Crippen LogP contribution >= 0.6 is 0 Å². The molecule has 12 heteroatoms. The Labute approximate surface area is 217 Å². The summed E-state index contributed by atoms with van der Waals surface area (Å²) in [7, 11) is 3.03. The van der Waals surface area contributed by atoms with Crippen molar-refractivity contribution in [3.63, 3.8) is 0 Å². The molecule has 2 fully saturated rings. The van der Waals surface area contributed by atoms with E-state index in [1.165, 1.54) is 25.1 Å². The zero-order valence-corrected chi connectivity index (χ0v) is 21.0. The third-order valence-corrected chi connectivity index (χ3v) is 8.24. The smallest absolute Gasteiger partial charge is 0.255 e. The third kappa shape index (κ3) is 3.66. The lowest BCUT2D eigenvalue weighted by Crippen LogP contribution is -2.65. The number of aromatic hydroxyl groups is 1. The number of benzene rings is 1. The van der Waals surface area contributed by atoms with Crippen molar-refractivity contribution < 1.29 is 43.9 Å². The zero-order chi connectivity index (χ0) is 27.7. The number of fused-ring (bicyclic) bond motifs is 3. The van der Waals surface area contributed by atoms with E-state index in [0.29, 0.717) is 13.2 Å². The van der Waals surface area contributed by atoms with Gasteiger partial charge in [-0.15, -0.1) is 0 Å². The molecule has 1 amide bonds. The molecule has 204 valence electrons. The number of halogens is 1. The van der Waals surface area contributed by atoms with Gasteiger partial charge in [0.05, 0.1) is 18.2 Å². The Balaban J connectivity index is 1.61. The summed E-state index contributed by atoms with van der Waals surface area (Å²) in [6.45, 7) is 1.20. The number of nitrogens with zero attached hydrogens (tertiary/aromatic N) is 1. The molecule has 7 N–H and O–H groups in total. The molecular formula is C26H30FN3O8. The Bertz CT molecular complexity index is 1320. The summed E-state index contributed by atoms with van der Waals surface area (Å²) < 4.78 is 21.0. The fraction of sp³-hybridized carbons (Fsp3) is 0.500. The fourth-order valence-corrected chi connectivity index (χ4v) is 6.43.